The third-order valence-corrected chi connectivity index (χ3v) is 9.28. The van der Waals surface area contributed by atoms with Crippen LogP contribution in [0.25, 0.3) is 22.3 Å². The molecule has 4 heterocycles. The number of piperidine rings is 1. The van der Waals surface area contributed by atoms with Crippen LogP contribution in [0.4, 0.5) is 14.4 Å². The van der Waals surface area contributed by atoms with Crippen LogP contribution in [0.2, 0.25) is 0 Å². The number of carbonyl (C=O) groups excluding carboxylic acids is 4. The summed E-state index contributed by atoms with van der Waals surface area (Å²) in [7, 11) is 0. The molecule has 2 aliphatic heterocycles. The first-order valence-corrected chi connectivity index (χ1v) is 17.9. The molecule has 0 radical (unpaired) electrons. The number of hydrogen-bond acceptors (Lipinski definition) is 12. The predicted molar refractivity (Wildman–Crippen MR) is 194 cm³/mol. The number of hydrogen-bond donors (Lipinski definition) is 0. The lowest BCUT2D eigenvalue weighted by atomic mass is 9.89. The molecule has 53 heavy (non-hydrogen) atoms. The van der Waals surface area contributed by atoms with Crippen molar-refractivity contribution >= 4 is 35.8 Å². The highest BCUT2D eigenvalue weighted by atomic mass is 16.7. The summed E-state index contributed by atoms with van der Waals surface area (Å²) < 4.78 is 34.6. The first-order valence-electron chi connectivity index (χ1n) is 17.9. The van der Waals surface area contributed by atoms with Crippen LogP contribution >= 0.6 is 0 Å². The largest absolute Gasteiger partial charge is 0.514 e. The van der Waals surface area contributed by atoms with Crippen LogP contribution in [-0.2, 0) is 53.7 Å². The average Bonchev–Trinajstić information content (AvgIpc) is 3.43. The molecule has 1 unspecified atom stereocenters. The van der Waals surface area contributed by atoms with Gasteiger partial charge in [0.05, 0.1) is 29.0 Å². The second-order valence-electron chi connectivity index (χ2n) is 15.5. The SMILES string of the molecule is CCc1c2c(nc3ccc(OC(=O)OC(C)(C)C)cc13)-c1cc(C(C)(CC)OC(=O)OC3CCN(C(=O)OC(C)(C)C)CC3)c(COC=O)c(=O)n1C2. The van der Waals surface area contributed by atoms with Gasteiger partial charge < -0.3 is 37.9 Å². The van der Waals surface area contributed by atoms with Gasteiger partial charge in [0.15, 0.2) is 0 Å². The van der Waals surface area contributed by atoms with Gasteiger partial charge in [0.1, 0.15) is 35.3 Å². The van der Waals surface area contributed by atoms with E-state index in [0.717, 1.165) is 16.5 Å². The topological polar surface area (TPSA) is 162 Å². The number of carbonyl (C=O) groups is 4. The molecule has 3 aromatic rings. The van der Waals surface area contributed by atoms with Crippen LogP contribution in [0.5, 0.6) is 5.75 Å². The Labute approximate surface area is 308 Å². The molecule has 2 aromatic heterocycles. The van der Waals surface area contributed by atoms with Gasteiger partial charge in [-0.3, -0.25) is 9.59 Å². The summed E-state index contributed by atoms with van der Waals surface area (Å²) in [6, 6.07) is 6.88. The van der Waals surface area contributed by atoms with E-state index in [2.05, 4.69) is 0 Å². The zero-order valence-corrected chi connectivity index (χ0v) is 32.0. The smallest absolute Gasteiger partial charge is 0.463 e. The van der Waals surface area contributed by atoms with E-state index in [-0.39, 0.29) is 31.6 Å². The van der Waals surface area contributed by atoms with Gasteiger partial charge in [0.2, 0.25) is 0 Å². The van der Waals surface area contributed by atoms with Gasteiger partial charge >= 0.3 is 18.4 Å². The summed E-state index contributed by atoms with van der Waals surface area (Å²) in [5.74, 6) is 0.294. The minimum atomic E-state index is -1.36. The number of aromatic nitrogens is 2. The number of rotatable bonds is 9. The van der Waals surface area contributed by atoms with Gasteiger partial charge in [-0.15, -0.1) is 0 Å². The molecule has 0 bridgehead atoms. The molecule has 1 fully saturated rings. The van der Waals surface area contributed by atoms with Crippen LogP contribution < -0.4 is 10.3 Å². The molecule has 286 valence electrons. The molecule has 1 aromatic carbocycles. The summed E-state index contributed by atoms with van der Waals surface area (Å²) in [6.07, 6.45) is -0.999. The van der Waals surface area contributed by atoms with E-state index in [9.17, 15) is 24.0 Å². The van der Waals surface area contributed by atoms with Crippen molar-refractivity contribution in [3.05, 3.63) is 56.9 Å². The number of aryl methyl sites for hydroxylation is 1. The zero-order valence-electron chi connectivity index (χ0n) is 32.0. The molecular weight excluding hydrogens is 686 g/mol. The second-order valence-corrected chi connectivity index (χ2v) is 15.5. The number of pyridine rings is 2. The molecule has 0 aliphatic carbocycles. The van der Waals surface area contributed by atoms with Crippen molar-refractivity contribution in [1.29, 1.82) is 0 Å². The number of benzene rings is 1. The fourth-order valence-electron chi connectivity index (χ4n) is 6.64. The van der Waals surface area contributed by atoms with Gasteiger partial charge in [-0.05, 0) is 91.1 Å². The van der Waals surface area contributed by atoms with Gasteiger partial charge in [-0.25, -0.2) is 19.4 Å². The lowest BCUT2D eigenvalue weighted by Crippen LogP contribution is -2.44. The number of fused-ring (bicyclic) bond motifs is 4. The Balaban J connectivity index is 1.44. The maximum Gasteiger partial charge on any atom is 0.514 e. The Bertz CT molecular complexity index is 1970. The summed E-state index contributed by atoms with van der Waals surface area (Å²) in [4.78, 5) is 70.3. The highest BCUT2D eigenvalue weighted by Crippen LogP contribution is 2.40. The Kier molecular flexibility index (Phi) is 11.1. The highest BCUT2D eigenvalue weighted by Gasteiger charge is 2.38. The van der Waals surface area contributed by atoms with Crippen LogP contribution in [-0.4, -0.2) is 69.7 Å². The monoisotopic (exact) mass is 735 g/mol. The molecule has 14 nitrogen and oxygen atoms in total. The molecule has 1 atom stereocenters. The Morgan fingerprint density at radius 1 is 0.906 bits per heavy atom. The molecule has 0 N–H and O–H groups in total. The van der Waals surface area contributed by atoms with Crippen LogP contribution in [0.1, 0.15) is 104 Å². The van der Waals surface area contributed by atoms with Crippen molar-refractivity contribution in [3.63, 3.8) is 0 Å². The van der Waals surface area contributed by atoms with Crippen LogP contribution in [0.15, 0.2) is 29.1 Å². The third-order valence-electron chi connectivity index (χ3n) is 9.28. The molecule has 2 aliphatic rings. The summed E-state index contributed by atoms with van der Waals surface area (Å²) in [5, 5.41) is 0.763. The standard InChI is InChI=1S/C39H49N3O11/c1-10-25-26-18-24(50-35(46)52-38(6,7)8)12-13-30(26)40-32-27(25)20-42-31(32)19-29(28(33(42)44)21-48-22-43)39(9,11-2)53-36(47)49-23-14-16-41(17-15-23)34(45)51-37(3,4)5/h12-13,18-19,22-23H,10-11,14-17,20-21H2,1-9H3. The van der Waals surface area contributed by atoms with Gasteiger partial charge in [0, 0.05) is 42.4 Å². The molecular formula is C39H49N3O11. The average molecular weight is 736 g/mol. The van der Waals surface area contributed by atoms with Gasteiger partial charge in [-0.2, -0.15) is 0 Å². The molecule has 1 amide bonds. The van der Waals surface area contributed by atoms with Gasteiger partial charge in [0.25, 0.3) is 12.0 Å². The Morgan fingerprint density at radius 2 is 1.58 bits per heavy atom. The highest BCUT2D eigenvalue weighted by molar-refractivity contribution is 5.89. The molecule has 14 heteroatoms. The van der Waals surface area contributed by atoms with E-state index in [0.29, 0.717) is 60.6 Å². The van der Waals surface area contributed by atoms with E-state index in [1.165, 1.54) is 0 Å². The normalized spacial score (nSPS) is 15.5. The van der Waals surface area contributed by atoms with Crippen LogP contribution in [0, 0.1) is 0 Å². The number of likely N-dealkylation sites (tertiary alicyclic amines) is 1. The Morgan fingerprint density at radius 3 is 2.19 bits per heavy atom. The van der Waals surface area contributed by atoms with Crippen molar-refractivity contribution in [2.45, 2.75) is 124 Å². The summed E-state index contributed by atoms with van der Waals surface area (Å²) >= 11 is 0. The fraction of sp³-hybridized carbons (Fsp3) is 0.538. The summed E-state index contributed by atoms with van der Waals surface area (Å²) in [6.45, 7) is 17.0. The minimum Gasteiger partial charge on any atom is -0.463 e. The predicted octanol–water partition coefficient (Wildman–Crippen LogP) is 7.15. The first kappa shape index (κ1) is 39.1. The van der Waals surface area contributed by atoms with E-state index in [1.54, 1.807) is 82.2 Å². The molecule has 1 saturated heterocycles. The lowest BCUT2D eigenvalue weighted by molar-refractivity contribution is -0.130. The quantitative estimate of drug-likeness (QED) is 0.0740. The number of ether oxygens (including phenoxy) is 6. The van der Waals surface area contributed by atoms with Crippen molar-refractivity contribution in [2.24, 2.45) is 0 Å². The fourth-order valence-corrected chi connectivity index (χ4v) is 6.64. The van der Waals surface area contributed by atoms with Crippen molar-refractivity contribution in [1.82, 2.24) is 14.5 Å². The number of amides is 1. The molecule has 0 saturated carbocycles. The second kappa shape index (κ2) is 15.1. The maximum atomic E-state index is 14.2. The number of nitrogens with zero attached hydrogens (tertiary/aromatic N) is 3. The van der Waals surface area contributed by atoms with E-state index in [1.807, 2.05) is 13.8 Å². The third kappa shape index (κ3) is 8.74. The lowest BCUT2D eigenvalue weighted by Gasteiger charge is -2.34. The van der Waals surface area contributed by atoms with Crippen molar-refractivity contribution < 1.29 is 47.6 Å². The maximum absolute atomic E-state index is 14.2. The van der Waals surface area contributed by atoms with Crippen LogP contribution in [0.3, 0.4) is 0 Å². The molecule has 5 rings (SSSR count). The summed E-state index contributed by atoms with van der Waals surface area (Å²) in [5.41, 5.74) is 0.894. The Hall–Kier alpha value is -5.14. The van der Waals surface area contributed by atoms with E-state index in [4.69, 9.17) is 33.4 Å². The van der Waals surface area contributed by atoms with Crippen molar-refractivity contribution in [3.8, 4) is 17.1 Å². The van der Waals surface area contributed by atoms with E-state index >= 15 is 0 Å². The van der Waals surface area contributed by atoms with Gasteiger partial charge in [-0.1, -0.05) is 13.8 Å². The zero-order chi connectivity index (χ0) is 38.9. The first-order chi connectivity index (χ1) is 24.9. The molecule has 0 spiro atoms. The van der Waals surface area contributed by atoms with Crippen molar-refractivity contribution in [2.75, 3.05) is 13.1 Å². The van der Waals surface area contributed by atoms with E-state index < -0.39 is 46.9 Å². The minimum absolute atomic E-state index is 0.159.